The van der Waals surface area contributed by atoms with Crippen LogP contribution in [0.3, 0.4) is 0 Å². The zero-order chi connectivity index (χ0) is 15.1. The monoisotopic (exact) mass is 405 g/mol. The second kappa shape index (κ2) is 9.06. The number of halogens is 2. The highest BCUT2D eigenvalue weighted by molar-refractivity contribution is 9.11. The predicted octanol–water partition coefficient (Wildman–Crippen LogP) is 5.52. The summed E-state index contributed by atoms with van der Waals surface area (Å²) >= 11 is 7.11. The minimum Gasteiger partial charge on any atom is -0.492 e. The van der Waals surface area contributed by atoms with Gasteiger partial charge in [0, 0.05) is 22.6 Å². The molecule has 114 valence electrons. The molecule has 2 nitrogen and oxygen atoms in total. The van der Waals surface area contributed by atoms with Crippen LogP contribution in [0.1, 0.15) is 46.1 Å². The number of benzene rings is 1. The third-order valence-electron chi connectivity index (χ3n) is 3.19. The highest BCUT2D eigenvalue weighted by atomic mass is 79.9. The number of hydrogen-bond donors (Lipinski definition) is 1. The molecular formula is C16H25Br2NO. The van der Waals surface area contributed by atoms with E-state index in [0.29, 0.717) is 12.6 Å². The van der Waals surface area contributed by atoms with Crippen molar-refractivity contribution in [3.05, 3.63) is 26.6 Å². The molecule has 0 radical (unpaired) electrons. The Labute approximate surface area is 139 Å². The Morgan fingerprint density at radius 2 is 1.85 bits per heavy atom. The Hall–Kier alpha value is -0.0600. The van der Waals surface area contributed by atoms with Crippen molar-refractivity contribution in [2.75, 3.05) is 6.61 Å². The molecule has 1 atom stereocenters. The molecule has 0 spiro atoms. The molecule has 1 rings (SSSR count). The molecule has 20 heavy (non-hydrogen) atoms. The maximum Gasteiger partial charge on any atom is 0.138 e. The number of rotatable bonds is 8. The highest BCUT2D eigenvalue weighted by Crippen LogP contribution is 2.33. The van der Waals surface area contributed by atoms with Crippen molar-refractivity contribution in [2.24, 2.45) is 5.92 Å². The summed E-state index contributed by atoms with van der Waals surface area (Å²) in [6, 6.07) is 4.67. The molecule has 1 unspecified atom stereocenters. The van der Waals surface area contributed by atoms with Crippen LogP contribution in [0, 0.1) is 5.92 Å². The maximum atomic E-state index is 5.75. The van der Waals surface area contributed by atoms with Gasteiger partial charge in [0.15, 0.2) is 0 Å². The summed E-state index contributed by atoms with van der Waals surface area (Å²) in [6.07, 6.45) is 2.46. The van der Waals surface area contributed by atoms with Gasteiger partial charge >= 0.3 is 0 Å². The van der Waals surface area contributed by atoms with E-state index in [0.717, 1.165) is 27.2 Å². The molecule has 0 heterocycles. The summed E-state index contributed by atoms with van der Waals surface area (Å²) in [5.41, 5.74) is 1.18. The van der Waals surface area contributed by atoms with Crippen LogP contribution in [0.25, 0.3) is 0 Å². The molecule has 0 aliphatic carbocycles. The van der Waals surface area contributed by atoms with E-state index in [2.05, 4.69) is 64.0 Å². The van der Waals surface area contributed by atoms with Gasteiger partial charge in [0.05, 0.1) is 11.1 Å². The van der Waals surface area contributed by atoms with Crippen LogP contribution >= 0.6 is 31.9 Å². The zero-order valence-corrected chi connectivity index (χ0v) is 16.0. The van der Waals surface area contributed by atoms with Crippen molar-refractivity contribution < 1.29 is 4.74 Å². The van der Waals surface area contributed by atoms with Gasteiger partial charge in [0.25, 0.3) is 0 Å². The molecule has 0 saturated carbocycles. The Kier molecular flexibility index (Phi) is 8.15. The Morgan fingerprint density at radius 1 is 1.15 bits per heavy atom. The largest absolute Gasteiger partial charge is 0.492 e. The first-order chi connectivity index (χ1) is 9.43. The van der Waals surface area contributed by atoms with Crippen molar-refractivity contribution in [2.45, 2.75) is 53.1 Å². The summed E-state index contributed by atoms with van der Waals surface area (Å²) in [4.78, 5) is 0. The number of ether oxygens (including phenoxy) is 1. The summed E-state index contributed by atoms with van der Waals surface area (Å²) in [7, 11) is 0. The lowest BCUT2D eigenvalue weighted by Gasteiger charge is -2.18. The molecule has 4 heteroatoms. The first-order valence-corrected chi connectivity index (χ1v) is 8.86. The summed E-state index contributed by atoms with van der Waals surface area (Å²) in [5, 5.41) is 3.59. The maximum absolute atomic E-state index is 5.75. The number of nitrogens with one attached hydrogen (secondary N) is 1. The fraction of sp³-hybridized carbons (Fsp3) is 0.625. The van der Waals surface area contributed by atoms with Crippen molar-refractivity contribution in [3.8, 4) is 5.75 Å². The van der Waals surface area contributed by atoms with Crippen LogP contribution in [-0.2, 0) is 6.54 Å². The molecule has 1 N–H and O–H groups in total. The van der Waals surface area contributed by atoms with Gasteiger partial charge in [-0.25, -0.2) is 0 Å². The van der Waals surface area contributed by atoms with Crippen molar-refractivity contribution in [3.63, 3.8) is 0 Å². The summed E-state index contributed by atoms with van der Waals surface area (Å²) < 4.78 is 7.81. The van der Waals surface area contributed by atoms with E-state index in [4.69, 9.17) is 4.74 Å². The fourth-order valence-corrected chi connectivity index (χ4v) is 3.45. The molecule has 0 aliphatic heterocycles. The predicted molar refractivity (Wildman–Crippen MR) is 93.4 cm³/mol. The van der Waals surface area contributed by atoms with E-state index >= 15 is 0 Å². The molecular weight excluding hydrogens is 382 g/mol. The SMILES string of the molecule is CCOc1c(Br)cc(Br)cc1CNC(C)CCC(C)C. The molecule has 0 amide bonds. The van der Waals surface area contributed by atoms with E-state index < -0.39 is 0 Å². The van der Waals surface area contributed by atoms with E-state index in [9.17, 15) is 0 Å². The third-order valence-corrected chi connectivity index (χ3v) is 4.24. The van der Waals surface area contributed by atoms with Gasteiger partial charge in [0.1, 0.15) is 5.75 Å². The van der Waals surface area contributed by atoms with E-state index in [1.165, 1.54) is 18.4 Å². The van der Waals surface area contributed by atoms with Crippen LogP contribution in [0.2, 0.25) is 0 Å². The lowest BCUT2D eigenvalue weighted by molar-refractivity contribution is 0.332. The van der Waals surface area contributed by atoms with Crippen LogP contribution < -0.4 is 10.1 Å². The second-order valence-corrected chi connectivity index (χ2v) is 7.33. The molecule has 1 aromatic rings. The van der Waals surface area contributed by atoms with Gasteiger partial charge in [-0.05, 0) is 60.7 Å². The zero-order valence-electron chi connectivity index (χ0n) is 12.8. The minimum atomic E-state index is 0.518. The Bertz CT molecular complexity index is 421. The standard InChI is InChI=1S/C16H25Br2NO/c1-5-20-16-13(8-14(17)9-15(16)18)10-19-12(4)7-6-11(2)3/h8-9,11-12,19H,5-7,10H2,1-4H3. The third kappa shape index (κ3) is 6.15. The van der Waals surface area contributed by atoms with Crippen LogP contribution in [0.4, 0.5) is 0 Å². The number of hydrogen-bond acceptors (Lipinski definition) is 2. The van der Waals surface area contributed by atoms with Crippen LogP contribution in [0.5, 0.6) is 5.75 Å². The summed E-state index contributed by atoms with van der Waals surface area (Å²) in [6.45, 7) is 10.3. The van der Waals surface area contributed by atoms with Gasteiger partial charge in [-0.2, -0.15) is 0 Å². The van der Waals surface area contributed by atoms with E-state index in [1.807, 2.05) is 13.0 Å². The average Bonchev–Trinajstić information content (AvgIpc) is 2.37. The van der Waals surface area contributed by atoms with Gasteiger partial charge in [-0.1, -0.05) is 29.8 Å². The van der Waals surface area contributed by atoms with Crippen LogP contribution in [-0.4, -0.2) is 12.6 Å². The fourth-order valence-electron chi connectivity index (χ4n) is 2.02. The second-order valence-electron chi connectivity index (χ2n) is 5.56. The molecule has 0 aliphatic rings. The smallest absolute Gasteiger partial charge is 0.138 e. The Morgan fingerprint density at radius 3 is 2.45 bits per heavy atom. The normalized spacial score (nSPS) is 12.8. The summed E-state index contributed by atoms with van der Waals surface area (Å²) in [5.74, 6) is 1.71. The van der Waals surface area contributed by atoms with Crippen molar-refractivity contribution in [1.82, 2.24) is 5.32 Å². The topological polar surface area (TPSA) is 21.3 Å². The lowest BCUT2D eigenvalue weighted by Crippen LogP contribution is -2.26. The minimum absolute atomic E-state index is 0.518. The highest BCUT2D eigenvalue weighted by Gasteiger charge is 2.11. The van der Waals surface area contributed by atoms with Gasteiger partial charge in [-0.3, -0.25) is 0 Å². The molecule has 0 aromatic heterocycles. The average molecular weight is 407 g/mol. The van der Waals surface area contributed by atoms with Crippen LogP contribution in [0.15, 0.2) is 21.1 Å². The first-order valence-electron chi connectivity index (χ1n) is 7.28. The first kappa shape index (κ1) is 18.0. The van der Waals surface area contributed by atoms with Gasteiger partial charge < -0.3 is 10.1 Å². The lowest BCUT2D eigenvalue weighted by atomic mass is 10.0. The van der Waals surface area contributed by atoms with Gasteiger partial charge in [0.2, 0.25) is 0 Å². The van der Waals surface area contributed by atoms with E-state index in [-0.39, 0.29) is 0 Å². The molecule has 0 saturated heterocycles. The molecule has 1 aromatic carbocycles. The van der Waals surface area contributed by atoms with Gasteiger partial charge in [-0.15, -0.1) is 0 Å². The van der Waals surface area contributed by atoms with Crippen molar-refractivity contribution >= 4 is 31.9 Å². The molecule has 0 fully saturated rings. The molecule has 0 bridgehead atoms. The quantitative estimate of drug-likeness (QED) is 0.613. The van der Waals surface area contributed by atoms with E-state index in [1.54, 1.807) is 0 Å². The van der Waals surface area contributed by atoms with Crippen molar-refractivity contribution in [1.29, 1.82) is 0 Å². The Balaban J connectivity index is 2.66.